The number of hydrazone groups is 1. The van der Waals surface area contributed by atoms with Gasteiger partial charge < -0.3 is 5.32 Å². The van der Waals surface area contributed by atoms with Crippen molar-refractivity contribution >= 4 is 39.6 Å². The normalized spacial score (nSPS) is 10.4. The number of benzene rings is 2. The fourth-order valence-electron chi connectivity index (χ4n) is 1.60. The number of halogens is 1. The number of nitro groups is 1. The van der Waals surface area contributed by atoms with Gasteiger partial charge in [0.25, 0.3) is 5.69 Å². The molecule has 2 aromatic rings. The van der Waals surface area contributed by atoms with Gasteiger partial charge in [0.1, 0.15) is 0 Å². The zero-order valence-electron chi connectivity index (χ0n) is 11.2. The Morgan fingerprint density at radius 3 is 2.64 bits per heavy atom. The second-order valence-corrected chi connectivity index (χ2v) is 5.01. The summed E-state index contributed by atoms with van der Waals surface area (Å²) in [4.78, 5) is 21.9. The van der Waals surface area contributed by atoms with Crippen LogP contribution in [0.5, 0.6) is 0 Å². The SMILES string of the molecule is O=C(N/N=C\c1ccc(Br)c([N+](=O)[O-])c1)Nc1ccccc1. The molecule has 0 radical (unpaired) electrons. The molecule has 0 atom stereocenters. The van der Waals surface area contributed by atoms with Gasteiger partial charge in [-0.25, -0.2) is 10.2 Å². The molecule has 22 heavy (non-hydrogen) atoms. The van der Waals surface area contributed by atoms with E-state index in [1.54, 1.807) is 36.4 Å². The lowest BCUT2D eigenvalue weighted by atomic mass is 10.2. The molecule has 0 heterocycles. The first kappa shape index (κ1) is 15.6. The van der Waals surface area contributed by atoms with Crippen LogP contribution in [0.3, 0.4) is 0 Å². The third-order valence-electron chi connectivity index (χ3n) is 2.58. The number of carbonyl (C=O) groups is 1. The van der Waals surface area contributed by atoms with E-state index in [0.29, 0.717) is 15.7 Å². The van der Waals surface area contributed by atoms with Gasteiger partial charge in [0.2, 0.25) is 0 Å². The van der Waals surface area contributed by atoms with Gasteiger partial charge in [-0.2, -0.15) is 5.10 Å². The minimum atomic E-state index is -0.505. The number of carbonyl (C=O) groups excluding carboxylic acids is 1. The van der Waals surface area contributed by atoms with Crippen molar-refractivity contribution in [1.29, 1.82) is 0 Å². The molecule has 2 N–H and O–H groups in total. The van der Waals surface area contributed by atoms with Crippen LogP contribution in [0.2, 0.25) is 0 Å². The van der Waals surface area contributed by atoms with E-state index in [1.807, 2.05) is 6.07 Å². The van der Waals surface area contributed by atoms with E-state index in [0.717, 1.165) is 0 Å². The second-order valence-electron chi connectivity index (χ2n) is 4.16. The van der Waals surface area contributed by atoms with Crippen LogP contribution >= 0.6 is 15.9 Å². The first-order valence-corrected chi connectivity index (χ1v) is 6.94. The van der Waals surface area contributed by atoms with E-state index >= 15 is 0 Å². The van der Waals surface area contributed by atoms with Crippen LogP contribution in [0.25, 0.3) is 0 Å². The predicted octanol–water partition coefficient (Wildman–Crippen LogP) is 3.51. The molecule has 2 rings (SSSR count). The first-order chi connectivity index (χ1) is 10.6. The maximum atomic E-state index is 11.6. The number of urea groups is 1. The average Bonchev–Trinajstić information content (AvgIpc) is 2.49. The fourth-order valence-corrected chi connectivity index (χ4v) is 1.99. The zero-order chi connectivity index (χ0) is 15.9. The van der Waals surface area contributed by atoms with Gasteiger partial charge in [0.05, 0.1) is 15.6 Å². The van der Waals surface area contributed by atoms with Gasteiger partial charge in [-0.1, -0.05) is 24.3 Å². The monoisotopic (exact) mass is 362 g/mol. The number of nitrogens with one attached hydrogen (secondary N) is 2. The van der Waals surface area contributed by atoms with Gasteiger partial charge in [-0.3, -0.25) is 10.1 Å². The number of nitrogens with zero attached hydrogens (tertiary/aromatic N) is 2. The molecule has 0 spiro atoms. The molecule has 0 unspecified atom stereocenters. The Balaban J connectivity index is 1.96. The van der Waals surface area contributed by atoms with Crippen molar-refractivity contribution in [2.75, 3.05) is 5.32 Å². The van der Waals surface area contributed by atoms with Crippen molar-refractivity contribution in [1.82, 2.24) is 5.43 Å². The quantitative estimate of drug-likeness (QED) is 0.494. The lowest BCUT2D eigenvalue weighted by Crippen LogP contribution is -2.24. The maximum absolute atomic E-state index is 11.6. The molecule has 0 fully saturated rings. The zero-order valence-corrected chi connectivity index (χ0v) is 12.8. The van der Waals surface area contributed by atoms with Crippen LogP contribution in [-0.4, -0.2) is 17.2 Å². The van der Waals surface area contributed by atoms with Gasteiger partial charge in [-0.05, 0) is 34.1 Å². The highest BCUT2D eigenvalue weighted by atomic mass is 79.9. The van der Waals surface area contributed by atoms with E-state index in [1.165, 1.54) is 12.3 Å². The molecule has 2 aromatic carbocycles. The molecule has 0 aliphatic heterocycles. The summed E-state index contributed by atoms with van der Waals surface area (Å²) in [6, 6.07) is 12.9. The third-order valence-corrected chi connectivity index (χ3v) is 3.25. The van der Waals surface area contributed by atoms with Gasteiger partial charge in [0, 0.05) is 17.3 Å². The van der Waals surface area contributed by atoms with Crippen LogP contribution in [-0.2, 0) is 0 Å². The van der Waals surface area contributed by atoms with Crippen LogP contribution in [0.15, 0.2) is 58.1 Å². The first-order valence-electron chi connectivity index (χ1n) is 6.15. The summed E-state index contributed by atoms with van der Waals surface area (Å²) in [6.45, 7) is 0. The summed E-state index contributed by atoms with van der Waals surface area (Å²) in [5.74, 6) is 0. The van der Waals surface area contributed by atoms with Crippen molar-refractivity contribution in [3.05, 3.63) is 68.7 Å². The third kappa shape index (κ3) is 4.38. The Labute approximate surface area is 134 Å². The molecule has 112 valence electrons. The number of para-hydroxylation sites is 1. The molecule has 0 aliphatic carbocycles. The fraction of sp³-hybridized carbons (Fsp3) is 0. The smallest absolute Gasteiger partial charge is 0.307 e. The van der Waals surface area contributed by atoms with Crippen LogP contribution < -0.4 is 10.7 Å². The lowest BCUT2D eigenvalue weighted by molar-refractivity contribution is -0.385. The van der Waals surface area contributed by atoms with Crippen LogP contribution in [0.4, 0.5) is 16.2 Å². The van der Waals surface area contributed by atoms with Crippen LogP contribution in [0, 0.1) is 10.1 Å². The Kier molecular flexibility index (Phi) is 5.21. The van der Waals surface area contributed by atoms with Crippen molar-refractivity contribution in [3.63, 3.8) is 0 Å². The van der Waals surface area contributed by atoms with E-state index in [4.69, 9.17) is 0 Å². The molecule has 7 nitrogen and oxygen atoms in total. The van der Waals surface area contributed by atoms with Gasteiger partial charge in [0.15, 0.2) is 0 Å². The van der Waals surface area contributed by atoms with E-state index < -0.39 is 11.0 Å². The van der Waals surface area contributed by atoms with Crippen molar-refractivity contribution < 1.29 is 9.72 Å². The molecule has 0 aromatic heterocycles. The number of nitro benzene ring substituents is 1. The Morgan fingerprint density at radius 1 is 1.23 bits per heavy atom. The molecule has 0 aliphatic rings. The summed E-state index contributed by atoms with van der Waals surface area (Å²) in [5.41, 5.74) is 3.34. The topological polar surface area (TPSA) is 96.6 Å². The second kappa shape index (κ2) is 7.32. The van der Waals surface area contributed by atoms with Crippen molar-refractivity contribution in [3.8, 4) is 0 Å². The highest BCUT2D eigenvalue weighted by Crippen LogP contribution is 2.24. The molecular formula is C14H11BrN4O3. The summed E-state index contributed by atoms with van der Waals surface area (Å²) < 4.78 is 0.379. The Bertz CT molecular complexity index is 719. The summed E-state index contributed by atoms with van der Waals surface area (Å²) in [5, 5.41) is 17.1. The number of anilines is 1. The van der Waals surface area contributed by atoms with Crippen molar-refractivity contribution in [2.24, 2.45) is 5.10 Å². The molecule has 0 saturated heterocycles. The highest BCUT2D eigenvalue weighted by molar-refractivity contribution is 9.10. The largest absolute Gasteiger partial charge is 0.339 e. The molecule has 0 bridgehead atoms. The van der Waals surface area contributed by atoms with Gasteiger partial charge >= 0.3 is 6.03 Å². The molecule has 0 saturated carbocycles. The highest BCUT2D eigenvalue weighted by Gasteiger charge is 2.11. The average molecular weight is 363 g/mol. The molecular weight excluding hydrogens is 352 g/mol. The standard InChI is InChI=1S/C14H11BrN4O3/c15-12-7-6-10(8-13(12)19(21)22)9-16-18-14(20)17-11-4-2-1-3-5-11/h1-9H,(H2,17,18,20)/b16-9-. The number of hydrogen-bond donors (Lipinski definition) is 2. The lowest BCUT2D eigenvalue weighted by Gasteiger charge is -2.03. The van der Waals surface area contributed by atoms with Crippen LogP contribution in [0.1, 0.15) is 5.56 Å². The summed E-state index contributed by atoms with van der Waals surface area (Å²) in [6.07, 6.45) is 1.32. The predicted molar refractivity (Wildman–Crippen MR) is 87.0 cm³/mol. The maximum Gasteiger partial charge on any atom is 0.339 e. The minimum absolute atomic E-state index is 0.0716. The summed E-state index contributed by atoms with van der Waals surface area (Å²) >= 11 is 3.09. The van der Waals surface area contributed by atoms with E-state index in [-0.39, 0.29) is 5.69 Å². The number of hydrogen-bond acceptors (Lipinski definition) is 4. The Hall–Kier alpha value is -2.74. The minimum Gasteiger partial charge on any atom is -0.307 e. The Morgan fingerprint density at radius 2 is 1.95 bits per heavy atom. The number of amides is 2. The van der Waals surface area contributed by atoms with Gasteiger partial charge in [-0.15, -0.1) is 0 Å². The molecule has 8 heteroatoms. The number of rotatable bonds is 4. The molecule has 2 amide bonds. The summed E-state index contributed by atoms with van der Waals surface area (Å²) in [7, 11) is 0. The van der Waals surface area contributed by atoms with E-state index in [9.17, 15) is 14.9 Å². The van der Waals surface area contributed by atoms with E-state index in [2.05, 4.69) is 31.8 Å². The van der Waals surface area contributed by atoms with Crippen molar-refractivity contribution in [2.45, 2.75) is 0 Å².